The quantitative estimate of drug-likeness (QED) is 0.745. The number of aromatic nitrogens is 3. The number of nitrogens with zero attached hydrogens (tertiary/aromatic N) is 4. The summed E-state index contributed by atoms with van der Waals surface area (Å²) < 4.78 is 0. The molecule has 6 nitrogen and oxygen atoms in total. The molecule has 2 heterocycles. The van der Waals surface area contributed by atoms with Gasteiger partial charge in [-0.1, -0.05) is 6.07 Å². The number of pyridine rings is 1. The molecule has 0 aromatic carbocycles. The van der Waals surface area contributed by atoms with E-state index in [0.29, 0.717) is 13.0 Å². The minimum Gasteiger partial charge on any atom is -0.370 e. The molecule has 0 amide bonds. The van der Waals surface area contributed by atoms with Crippen molar-refractivity contribution >= 4 is 11.6 Å². The van der Waals surface area contributed by atoms with Crippen molar-refractivity contribution in [1.82, 2.24) is 15.0 Å². The van der Waals surface area contributed by atoms with E-state index in [-0.39, 0.29) is 0 Å². The molecule has 20 heavy (non-hydrogen) atoms. The summed E-state index contributed by atoms with van der Waals surface area (Å²) in [6.07, 6.45) is 4.57. The fraction of sp³-hybridized carbons (Fsp3) is 0.286. The fourth-order valence-corrected chi connectivity index (χ4v) is 1.66. The van der Waals surface area contributed by atoms with E-state index in [1.165, 1.54) is 6.33 Å². The Morgan fingerprint density at radius 3 is 2.55 bits per heavy atom. The standard InChI is InChI=1S/C14H16N6/c15-6-3-8-17-13-10-14(20-11-19-13)18-9-5-12-4-1-2-7-16-12/h1-2,4,7,10-11H,3,5,8-9H2,(H2,17,18,19,20). The topological polar surface area (TPSA) is 86.5 Å². The summed E-state index contributed by atoms with van der Waals surface area (Å²) in [4.78, 5) is 12.5. The highest BCUT2D eigenvalue weighted by Gasteiger charge is 1.98. The van der Waals surface area contributed by atoms with Crippen LogP contribution >= 0.6 is 0 Å². The first kappa shape index (κ1) is 13.7. The summed E-state index contributed by atoms with van der Waals surface area (Å²) in [5.74, 6) is 1.48. The average molecular weight is 268 g/mol. The lowest BCUT2D eigenvalue weighted by Crippen LogP contribution is -2.09. The molecule has 0 saturated heterocycles. The molecule has 6 heteroatoms. The van der Waals surface area contributed by atoms with Crippen molar-refractivity contribution in [2.24, 2.45) is 0 Å². The van der Waals surface area contributed by atoms with Crippen molar-refractivity contribution in [2.45, 2.75) is 12.8 Å². The zero-order valence-corrected chi connectivity index (χ0v) is 11.1. The van der Waals surface area contributed by atoms with E-state index in [1.807, 2.05) is 24.3 Å². The van der Waals surface area contributed by atoms with E-state index in [2.05, 4.69) is 31.7 Å². The second-order valence-electron chi connectivity index (χ2n) is 4.12. The highest BCUT2D eigenvalue weighted by Crippen LogP contribution is 2.08. The lowest BCUT2D eigenvalue weighted by atomic mass is 10.3. The van der Waals surface area contributed by atoms with Gasteiger partial charge in [-0.25, -0.2) is 9.97 Å². The van der Waals surface area contributed by atoms with Crippen LogP contribution in [0, 0.1) is 11.3 Å². The van der Waals surface area contributed by atoms with Crippen molar-refractivity contribution in [2.75, 3.05) is 23.7 Å². The molecule has 0 saturated carbocycles. The number of anilines is 2. The van der Waals surface area contributed by atoms with Gasteiger partial charge in [-0.3, -0.25) is 4.98 Å². The van der Waals surface area contributed by atoms with Crippen molar-refractivity contribution in [3.05, 3.63) is 42.5 Å². The molecular formula is C14H16N6. The van der Waals surface area contributed by atoms with Crippen molar-refractivity contribution in [3.8, 4) is 6.07 Å². The average Bonchev–Trinajstić information content (AvgIpc) is 2.49. The summed E-state index contributed by atoms with van der Waals surface area (Å²) in [7, 11) is 0. The Balaban J connectivity index is 1.81. The van der Waals surface area contributed by atoms with Gasteiger partial charge >= 0.3 is 0 Å². The van der Waals surface area contributed by atoms with Crippen LogP contribution in [0.3, 0.4) is 0 Å². The van der Waals surface area contributed by atoms with E-state index in [0.717, 1.165) is 30.3 Å². The smallest absolute Gasteiger partial charge is 0.131 e. The van der Waals surface area contributed by atoms with Crippen LogP contribution in [0.1, 0.15) is 12.1 Å². The van der Waals surface area contributed by atoms with Crippen molar-refractivity contribution in [3.63, 3.8) is 0 Å². The second kappa shape index (κ2) is 7.69. The molecule has 2 rings (SSSR count). The first-order chi connectivity index (χ1) is 9.88. The maximum atomic E-state index is 8.48. The van der Waals surface area contributed by atoms with Crippen LogP contribution in [0.25, 0.3) is 0 Å². The number of hydrogen-bond donors (Lipinski definition) is 2. The van der Waals surface area contributed by atoms with Crippen molar-refractivity contribution < 1.29 is 0 Å². The lowest BCUT2D eigenvalue weighted by molar-refractivity contribution is 0.949. The van der Waals surface area contributed by atoms with Gasteiger partial charge in [0.2, 0.25) is 0 Å². The summed E-state index contributed by atoms with van der Waals surface area (Å²) in [5, 5.41) is 14.8. The maximum Gasteiger partial charge on any atom is 0.131 e. The first-order valence-corrected chi connectivity index (χ1v) is 6.45. The third kappa shape index (κ3) is 4.53. The van der Waals surface area contributed by atoms with E-state index < -0.39 is 0 Å². The van der Waals surface area contributed by atoms with Gasteiger partial charge in [-0.2, -0.15) is 5.26 Å². The molecule has 0 spiro atoms. The van der Waals surface area contributed by atoms with Crippen LogP contribution in [0.15, 0.2) is 36.8 Å². The summed E-state index contributed by atoms with van der Waals surface area (Å²) in [6.45, 7) is 1.34. The normalized spacial score (nSPS) is 9.75. The minimum atomic E-state index is 0.451. The van der Waals surface area contributed by atoms with Crippen LogP contribution in [0.2, 0.25) is 0 Å². The van der Waals surface area contributed by atoms with Gasteiger partial charge in [-0.15, -0.1) is 0 Å². The first-order valence-electron chi connectivity index (χ1n) is 6.45. The molecule has 102 valence electrons. The number of nitriles is 1. The molecule has 0 aliphatic rings. The van der Waals surface area contributed by atoms with Crippen LogP contribution in [0.4, 0.5) is 11.6 Å². The van der Waals surface area contributed by atoms with Gasteiger partial charge in [0, 0.05) is 37.5 Å². The lowest BCUT2D eigenvalue weighted by Gasteiger charge is -2.07. The Morgan fingerprint density at radius 2 is 1.85 bits per heavy atom. The van der Waals surface area contributed by atoms with E-state index in [4.69, 9.17) is 5.26 Å². The van der Waals surface area contributed by atoms with Crippen LogP contribution in [0.5, 0.6) is 0 Å². The van der Waals surface area contributed by atoms with Gasteiger partial charge < -0.3 is 10.6 Å². The summed E-state index contributed by atoms with van der Waals surface area (Å²) in [6, 6.07) is 9.78. The molecule has 0 radical (unpaired) electrons. The zero-order valence-electron chi connectivity index (χ0n) is 11.1. The second-order valence-corrected chi connectivity index (χ2v) is 4.12. The molecule has 0 unspecified atom stereocenters. The number of nitrogens with one attached hydrogen (secondary N) is 2. The predicted octanol–water partition coefficient (Wildman–Crippen LogP) is 1.85. The van der Waals surface area contributed by atoms with Gasteiger partial charge in [0.1, 0.15) is 18.0 Å². The Morgan fingerprint density at radius 1 is 1.05 bits per heavy atom. The summed E-state index contributed by atoms with van der Waals surface area (Å²) in [5.41, 5.74) is 1.04. The largest absolute Gasteiger partial charge is 0.370 e. The van der Waals surface area contributed by atoms with Gasteiger partial charge in [0.25, 0.3) is 0 Å². The number of hydrogen-bond acceptors (Lipinski definition) is 6. The van der Waals surface area contributed by atoms with Gasteiger partial charge in [0.05, 0.1) is 12.5 Å². The monoisotopic (exact) mass is 268 g/mol. The molecule has 2 aromatic rings. The van der Waals surface area contributed by atoms with Crippen LogP contribution < -0.4 is 10.6 Å². The zero-order chi connectivity index (χ0) is 14.0. The Kier molecular flexibility index (Phi) is 5.28. The highest BCUT2D eigenvalue weighted by molar-refractivity contribution is 5.46. The Bertz CT molecular complexity index is 563. The third-order valence-corrected chi connectivity index (χ3v) is 2.62. The minimum absolute atomic E-state index is 0.451. The molecule has 2 aromatic heterocycles. The molecule has 0 aliphatic heterocycles. The third-order valence-electron chi connectivity index (χ3n) is 2.62. The van der Waals surface area contributed by atoms with Crippen molar-refractivity contribution in [1.29, 1.82) is 5.26 Å². The maximum absolute atomic E-state index is 8.48. The molecule has 2 N–H and O–H groups in total. The van der Waals surface area contributed by atoms with Gasteiger partial charge in [-0.05, 0) is 12.1 Å². The molecule has 0 aliphatic carbocycles. The van der Waals surface area contributed by atoms with Gasteiger partial charge in [0.15, 0.2) is 0 Å². The predicted molar refractivity (Wildman–Crippen MR) is 77.2 cm³/mol. The van der Waals surface area contributed by atoms with E-state index in [9.17, 15) is 0 Å². The Hall–Kier alpha value is -2.68. The molecule has 0 atom stereocenters. The van der Waals surface area contributed by atoms with E-state index in [1.54, 1.807) is 6.20 Å². The highest BCUT2D eigenvalue weighted by atomic mass is 15.1. The molecule has 0 fully saturated rings. The molecule has 0 bridgehead atoms. The molecular weight excluding hydrogens is 252 g/mol. The number of rotatable bonds is 7. The fourth-order valence-electron chi connectivity index (χ4n) is 1.66. The summed E-state index contributed by atoms with van der Waals surface area (Å²) >= 11 is 0. The van der Waals surface area contributed by atoms with Crippen LogP contribution in [-0.2, 0) is 6.42 Å². The van der Waals surface area contributed by atoms with Crippen LogP contribution in [-0.4, -0.2) is 28.0 Å². The van der Waals surface area contributed by atoms with E-state index >= 15 is 0 Å². The SMILES string of the molecule is N#CCCNc1cc(NCCc2ccccn2)ncn1. The Labute approximate surface area is 117 Å².